The molecule has 44 heavy (non-hydrogen) atoms. The molecule has 0 aromatic heterocycles. The van der Waals surface area contributed by atoms with E-state index in [9.17, 15) is 29.7 Å². The van der Waals surface area contributed by atoms with Crippen molar-refractivity contribution in [1.82, 2.24) is 9.80 Å². The van der Waals surface area contributed by atoms with Gasteiger partial charge in [0.05, 0.1) is 0 Å². The number of cyclic esters (lactones) is 1. The van der Waals surface area contributed by atoms with E-state index < -0.39 is 53.6 Å². The van der Waals surface area contributed by atoms with Gasteiger partial charge in [-0.05, 0) is 54.4 Å². The van der Waals surface area contributed by atoms with E-state index >= 15 is 0 Å². The number of ether oxygens (including phenoxy) is 2. The molecule has 0 saturated carbocycles. The zero-order valence-electron chi connectivity index (χ0n) is 26.7. The minimum atomic E-state index is -3.05. The van der Waals surface area contributed by atoms with Gasteiger partial charge in [-0.3, -0.25) is 0 Å². The van der Waals surface area contributed by atoms with Gasteiger partial charge in [0.1, 0.15) is 0 Å². The summed E-state index contributed by atoms with van der Waals surface area (Å²) in [5, 5.41) is 29.4. The first-order chi connectivity index (χ1) is 21.0. The van der Waals surface area contributed by atoms with Gasteiger partial charge in [-0.25, -0.2) is 14.4 Å². The number of carboxylic acid groups (broad SMARTS) is 1. The maximum Gasteiger partial charge on any atom is 0.500 e. The highest BCUT2D eigenvalue weighted by molar-refractivity contribution is 6.61. The van der Waals surface area contributed by atoms with Crippen LogP contribution in [0, 0.1) is 0 Å². The third-order valence-electron chi connectivity index (χ3n) is 6.26. The van der Waals surface area contributed by atoms with E-state index in [1.807, 2.05) is 41.5 Å². The van der Waals surface area contributed by atoms with Crippen LogP contribution in [0.5, 0.6) is 0 Å². The van der Waals surface area contributed by atoms with Crippen molar-refractivity contribution >= 4 is 35.8 Å². The Morgan fingerprint density at radius 2 is 1.09 bits per heavy atom. The summed E-state index contributed by atoms with van der Waals surface area (Å²) in [5.41, 5.74) is 0. The Balaban J connectivity index is 3.02. The number of esters is 1. The van der Waals surface area contributed by atoms with Crippen LogP contribution in [0.4, 0.5) is 9.59 Å². The Hall–Kier alpha value is -2.46. The lowest BCUT2D eigenvalue weighted by molar-refractivity contribution is -0.157. The molecule has 1 rings (SSSR count). The Morgan fingerprint density at radius 1 is 0.705 bits per heavy atom. The average Bonchev–Trinajstić information content (AvgIpc) is 3.20. The average molecular weight is 671 g/mol. The molecule has 1 atom stereocenters. The normalized spacial score (nSPS) is 15.4. The maximum absolute atomic E-state index is 13.1. The molecule has 0 spiro atoms. The lowest BCUT2D eigenvalue weighted by atomic mass is 10.3. The Bertz CT molecular complexity index is 891. The summed E-state index contributed by atoms with van der Waals surface area (Å²) in [7, 11) is -6.03. The highest BCUT2D eigenvalue weighted by Crippen LogP contribution is 2.22. The fraction of sp³-hybridized carbons (Fsp3) is 0.808. The number of hydrogen-bond donors (Lipinski definition) is 3. The predicted molar refractivity (Wildman–Crippen MR) is 160 cm³/mol. The van der Waals surface area contributed by atoms with Crippen LogP contribution in [0.2, 0.25) is 12.1 Å². The standard InChI is InChI=1S/C26H50N2O14Si2/c1-7-35-43(36-8-2,37-9-3)19-13-15-27(25(32)33)17-18-28(26(34)42-24-22(30)21(29)23(31)41-24)16-14-20-44(38-10-4,39-11-5)40-12-6/h24,29-30H,7-20H2,1-6H3,(H,32,33). The Kier molecular flexibility index (Phi) is 18.5. The van der Waals surface area contributed by atoms with Gasteiger partial charge in [0.15, 0.2) is 0 Å². The predicted octanol–water partition coefficient (Wildman–Crippen LogP) is 3.49. The lowest BCUT2D eigenvalue weighted by Crippen LogP contribution is -2.48. The van der Waals surface area contributed by atoms with E-state index in [2.05, 4.69) is 0 Å². The number of aliphatic hydroxyl groups excluding tert-OH is 2. The molecule has 2 amide bonds. The van der Waals surface area contributed by atoms with Gasteiger partial charge in [0.2, 0.25) is 11.5 Å². The first kappa shape index (κ1) is 39.6. The van der Waals surface area contributed by atoms with E-state index in [1.54, 1.807) is 0 Å². The zero-order valence-corrected chi connectivity index (χ0v) is 28.7. The highest BCUT2D eigenvalue weighted by atomic mass is 28.4. The van der Waals surface area contributed by atoms with E-state index in [1.165, 1.54) is 4.90 Å². The molecule has 0 bridgehead atoms. The first-order valence-corrected chi connectivity index (χ1v) is 18.9. The second-order valence-electron chi connectivity index (χ2n) is 9.28. The van der Waals surface area contributed by atoms with Crippen LogP contribution in [0.25, 0.3) is 0 Å². The van der Waals surface area contributed by atoms with Crippen LogP contribution < -0.4 is 0 Å². The van der Waals surface area contributed by atoms with Crippen molar-refractivity contribution in [2.24, 2.45) is 0 Å². The molecule has 0 radical (unpaired) electrons. The third-order valence-corrected chi connectivity index (χ3v) is 12.6. The first-order valence-electron chi connectivity index (χ1n) is 15.1. The molecule has 0 saturated heterocycles. The Labute approximate surface area is 261 Å². The lowest BCUT2D eigenvalue weighted by Gasteiger charge is -2.31. The van der Waals surface area contributed by atoms with Crippen molar-refractivity contribution in [3.63, 3.8) is 0 Å². The minimum absolute atomic E-state index is 0.0699. The van der Waals surface area contributed by atoms with Gasteiger partial charge in [-0.15, -0.1) is 0 Å². The third kappa shape index (κ3) is 12.5. The van der Waals surface area contributed by atoms with Crippen LogP contribution >= 0.6 is 0 Å². The number of hydrogen-bond acceptors (Lipinski definition) is 13. The monoisotopic (exact) mass is 670 g/mol. The highest BCUT2D eigenvalue weighted by Gasteiger charge is 2.42. The second kappa shape index (κ2) is 20.5. The smallest absolute Gasteiger partial charge is 0.500 e. The molecule has 1 aliphatic rings. The maximum atomic E-state index is 13.1. The molecule has 1 aliphatic heterocycles. The molecule has 16 nitrogen and oxygen atoms in total. The number of amides is 2. The summed E-state index contributed by atoms with van der Waals surface area (Å²) in [6.45, 7) is 13.3. The van der Waals surface area contributed by atoms with Gasteiger partial charge in [-0.2, -0.15) is 0 Å². The SMILES string of the molecule is CCO[Si](CCCN(CCN(CCC[Si](OCC)(OCC)OCC)C(=O)OC1OC(=O)C(O)=C1O)C(=O)O)(OCC)OCC. The van der Waals surface area contributed by atoms with E-state index in [-0.39, 0.29) is 26.2 Å². The van der Waals surface area contributed by atoms with E-state index in [4.69, 9.17) is 36.0 Å². The van der Waals surface area contributed by atoms with Gasteiger partial charge in [0.25, 0.3) is 0 Å². The molecular weight excluding hydrogens is 620 g/mol. The van der Waals surface area contributed by atoms with Gasteiger partial charge < -0.3 is 61.1 Å². The fourth-order valence-electron chi connectivity index (χ4n) is 4.49. The van der Waals surface area contributed by atoms with Crippen molar-refractivity contribution in [3.05, 3.63) is 11.5 Å². The summed E-state index contributed by atoms with van der Waals surface area (Å²) in [4.78, 5) is 39.2. The quantitative estimate of drug-likeness (QED) is 0.0998. The van der Waals surface area contributed by atoms with Crippen LogP contribution in [0.15, 0.2) is 11.5 Å². The minimum Gasteiger partial charge on any atom is -0.503 e. The van der Waals surface area contributed by atoms with Gasteiger partial charge >= 0.3 is 42.1 Å². The van der Waals surface area contributed by atoms with E-state index in [0.717, 1.165) is 4.90 Å². The summed E-state index contributed by atoms with van der Waals surface area (Å²) in [6.07, 6.45) is -3.28. The molecule has 1 heterocycles. The molecule has 1 unspecified atom stereocenters. The van der Waals surface area contributed by atoms with Crippen molar-refractivity contribution < 1.29 is 65.7 Å². The summed E-state index contributed by atoms with van der Waals surface area (Å²) in [5.74, 6) is -3.23. The van der Waals surface area contributed by atoms with E-state index in [0.29, 0.717) is 64.6 Å². The molecule has 3 N–H and O–H groups in total. The molecule has 18 heteroatoms. The number of carbonyl (C=O) groups is 3. The van der Waals surface area contributed by atoms with Gasteiger partial charge in [0, 0.05) is 77.9 Å². The van der Waals surface area contributed by atoms with Crippen LogP contribution in [-0.2, 0) is 40.8 Å². The molecule has 0 aromatic carbocycles. The van der Waals surface area contributed by atoms with Crippen LogP contribution in [0.1, 0.15) is 54.4 Å². The van der Waals surface area contributed by atoms with Crippen molar-refractivity contribution in [1.29, 1.82) is 0 Å². The molecular formula is C26H50N2O14Si2. The molecule has 0 fully saturated rings. The van der Waals surface area contributed by atoms with Crippen molar-refractivity contribution in [3.8, 4) is 0 Å². The van der Waals surface area contributed by atoms with Gasteiger partial charge in [-0.1, -0.05) is 0 Å². The molecule has 0 aliphatic carbocycles. The molecule has 256 valence electrons. The second-order valence-corrected chi connectivity index (χ2v) is 14.7. The van der Waals surface area contributed by atoms with Crippen molar-refractivity contribution in [2.45, 2.75) is 72.8 Å². The topological polar surface area (TPSA) is 192 Å². The number of rotatable bonds is 24. The fourth-order valence-corrected chi connectivity index (χ4v) is 9.67. The summed E-state index contributed by atoms with van der Waals surface area (Å²) in [6, 6.07) is 0.761. The van der Waals surface area contributed by atoms with Crippen LogP contribution in [-0.4, -0.2) is 133 Å². The summed E-state index contributed by atoms with van der Waals surface area (Å²) < 4.78 is 45.0. The zero-order chi connectivity index (χ0) is 33.2. The molecule has 0 aromatic rings. The number of aliphatic hydroxyl groups is 2. The number of carbonyl (C=O) groups excluding carboxylic acids is 2. The summed E-state index contributed by atoms with van der Waals surface area (Å²) >= 11 is 0. The Morgan fingerprint density at radius 3 is 1.43 bits per heavy atom. The van der Waals surface area contributed by atoms with Crippen LogP contribution in [0.3, 0.4) is 0 Å². The largest absolute Gasteiger partial charge is 0.503 e. The van der Waals surface area contributed by atoms with Crippen molar-refractivity contribution in [2.75, 3.05) is 65.8 Å². The number of nitrogens with zero attached hydrogens (tertiary/aromatic N) is 2.